The van der Waals surface area contributed by atoms with Crippen LogP contribution < -0.4 is 0 Å². The van der Waals surface area contributed by atoms with E-state index >= 15 is 0 Å². The summed E-state index contributed by atoms with van der Waals surface area (Å²) in [6, 6.07) is 40.2. The Kier molecular flexibility index (Phi) is 5.44. The van der Waals surface area contributed by atoms with Crippen molar-refractivity contribution in [3.63, 3.8) is 0 Å². The van der Waals surface area contributed by atoms with Gasteiger partial charge in [-0.05, 0) is 104 Å². The van der Waals surface area contributed by atoms with Crippen LogP contribution in [-0.2, 0) is 0 Å². The highest BCUT2D eigenvalue weighted by atomic mass is 32.1. The van der Waals surface area contributed by atoms with Crippen LogP contribution in [0.2, 0.25) is 0 Å². The second kappa shape index (κ2) is 9.33. The molecule has 2 heterocycles. The number of fused-ring (bicyclic) bond motifs is 10. The maximum absolute atomic E-state index is 3.95. The number of aromatic nitrogens is 1. The van der Waals surface area contributed by atoms with E-state index in [0.29, 0.717) is 0 Å². The third-order valence-electron chi connectivity index (χ3n) is 8.33. The number of benzene rings is 6. The van der Waals surface area contributed by atoms with Crippen molar-refractivity contribution < 1.29 is 0 Å². The van der Waals surface area contributed by atoms with Gasteiger partial charge in [-0.3, -0.25) is 0 Å². The molecule has 0 unspecified atom stereocenters. The summed E-state index contributed by atoms with van der Waals surface area (Å²) >= 11 is 1.91. The lowest BCUT2D eigenvalue weighted by atomic mass is 9.88. The first-order valence-corrected chi connectivity index (χ1v) is 14.8. The Morgan fingerprint density at radius 1 is 0.659 bits per heavy atom. The number of hydrogen-bond donors (Lipinski definition) is 1. The maximum atomic E-state index is 3.95. The van der Waals surface area contributed by atoms with Crippen LogP contribution in [0, 0.1) is 0 Å². The van der Waals surface area contributed by atoms with Crippen molar-refractivity contribution in [2.45, 2.75) is 6.92 Å². The van der Waals surface area contributed by atoms with Gasteiger partial charge in [-0.1, -0.05) is 85.5 Å². The first-order chi connectivity index (χ1) is 20.2. The monoisotopic (exact) mass is 541 g/mol. The van der Waals surface area contributed by atoms with Gasteiger partial charge in [0.25, 0.3) is 0 Å². The molecule has 0 amide bonds. The zero-order valence-corrected chi connectivity index (χ0v) is 23.6. The highest BCUT2D eigenvalue weighted by Crippen LogP contribution is 2.48. The molecule has 8 aromatic rings. The van der Waals surface area contributed by atoms with Crippen molar-refractivity contribution in [2.75, 3.05) is 0 Å². The van der Waals surface area contributed by atoms with E-state index in [0.717, 1.165) is 5.69 Å². The van der Waals surface area contributed by atoms with Crippen molar-refractivity contribution >= 4 is 69.4 Å². The molecule has 2 aromatic heterocycles. The predicted octanol–water partition coefficient (Wildman–Crippen LogP) is 11.8. The van der Waals surface area contributed by atoms with Crippen molar-refractivity contribution in [3.8, 4) is 22.4 Å². The van der Waals surface area contributed by atoms with Gasteiger partial charge in [0.2, 0.25) is 0 Å². The standard InChI is InChI=1S/C39H27NS/c1-3-11-24(2)25-20-26(22-27(21-25)35-17-10-19-40-35)33-23-34-30-14-5-4-12-28(30)29-13-6-7-15-31(29)37(34)39-38(33)32-16-8-9-18-36(32)41-39/h3-23,40H,1H2,2H3/b24-11+. The second-order valence-electron chi connectivity index (χ2n) is 10.7. The molecule has 0 radical (unpaired) electrons. The van der Waals surface area contributed by atoms with Gasteiger partial charge in [-0.25, -0.2) is 0 Å². The molecule has 194 valence electrons. The fourth-order valence-corrected chi connectivity index (χ4v) is 7.74. The van der Waals surface area contributed by atoms with Crippen LogP contribution in [0.15, 0.2) is 134 Å². The summed E-state index contributed by atoms with van der Waals surface area (Å²) in [4.78, 5) is 3.43. The molecule has 0 spiro atoms. The molecule has 0 bridgehead atoms. The summed E-state index contributed by atoms with van der Waals surface area (Å²) in [5.41, 5.74) is 7.17. The fourth-order valence-electron chi connectivity index (χ4n) is 6.45. The highest BCUT2D eigenvalue weighted by molar-refractivity contribution is 7.27. The van der Waals surface area contributed by atoms with Gasteiger partial charge in [-0.2, -0.15) is 0 Å². The van der Waals surface area contributed by atoms with Crippen LogP contribution in [0.25, 0.3) is 80.4 Å². The molecule has 0 fully saturated rings. The molecule has 1 nitrogen and oxygen atoms in total. The van der Waals surface area contributed by atoms with Gasteiger partial charge >= 0.3 is 0 Å². The molecular formula is C39H27NS. The average Bonchev–Trinajstić information content (AvgIpc) is 3.70. The van der Waals surface area contributed by atoms with Gasteiger partial charge < -0.3 is 4.98 Å². The molecule has 0 atom stereocenters. The lowest BCUT2D eigenvalue weighted by Crippen LogP contribution is -1.90. The summed E-state index contributed by atoms with van der Waals surface area (Å²) in [5.74, 6) is 0. The molecule has 41 heavy (non-hydrogen) atoms. The third-order valence-corrected chi connectivity index (χ3v) is 9.52. The quantitative estimate of drug-likeness (QED) is 0.168. The largest absolute Gasteiger partial charge is 0.361 e. The van der Waals surface area contributed by atoms with Crippen molar-refractivity contribution in [2.24, 2.45) is 0 Å². The van der Waals surface area contributed by atoms with E-state index < -0.39 is 0 Å². The van der Waals surface area contributed by atoms with Crippen LogP contribution in [-0.4, -0.2) is 4.98 Å². The second-order valence-corrected chi connectivity index (χ2v) is 11.8. The summed E-state index contributed by atoms with van der Waals surface area (Å²) in [5, 5.41) is 10.5. The minimum absolute atomic E-state index is 1.11. The zero-order chi connectivity index (χ0) is 27.5. The van der Waals surface area contributed by atoms with Crippen LogP contribution in [0.1, 0.15) is 12.5 Å². The Labute approximate surface area is 242 Å². The molecule has 1 N–H and O–H groups in total. The molecule has 0 saturated carbocycles. The van der Waals surface area contributed by atoms with E-state index in [-0.39, 0.29) is 0 Å². The SMILES string of the molecule is C=C/C=C(\C)c1cc(-c2ccc[nH]2)cc(-c2cc3c4ccccc4c4ccccc4c3c3sc4ccccc4c23)c1. The summed E-state index contributed by atoms with van der Waals surface area (Å²) in [6.45, 7) is 6.12. The third kappa shape index (κ3) is 3.68. The minimum atomic E-state index is 1.11. The zero-order valence-electron chi connectivity index (χ0n) is 22.7. The van der Waals surface area contributed by atoms with Crippen molar-refractivity contribution in [3.05, 3.63) is 140 Å². The molecular weight excluding hydrogens is 515 g/mol. The summed E-state index contributed by atoms with van der Waals surface area (Å²) < 4.78 is 2.67. The predicted molar refractivity (Wildman–Crippen MR) is 181 cm³/mol. The Morgan fingerprint density at radius 3 is 2.05 bits per heavy atom. The molecule has 8 rings (SSSR count). The van der Waals surface area contributed by atoms with Gasteiger partial charge in [0, 0.05) is 37.4 Å². The number of rotatable bonds is 4. The molecule has 0 saturated heterocycles. The smallest absolute Gasteiger partial charge is 0.0454 e. The topological polar surface area (TPSA) is 15.8 Å². The van der Waals surface area contributed by atoms with Crippen LogP contribution >= 0.6 is 11.3 Å². The van der Waals surface area contributed by atoms with Crippen molar-refractivity contribution in [1.82, 2.24) is 4.98 Å². The highest BCUT2D eigenvalue weighted by Gasteiger charge is 2.19. The number of H-pyrrole nitrogens is 1. The molecule has 6 aromatic carbocycles. The molecule has 0 aliphatic heterocycles. The van der Waals surface area contributed by atoms with E-state index in [2.05, 4.69) is 134 Å². The maximum Gasteiger partial charge on any atom is 0.0454 e. The van der Waals surface area contributed by atoms with E-state index in [4.69, 9.17) is 0 Å². The number of allylic oxidation sites excluding steroid dienone is 3. The number of hydrogen-bond acceptors (Lipinski definition) is 1. The van der Waals surface area contributed by atoms with E-state index in [1.807, 2.05) is 23.6 Å². The number of nitrogens with one attached hydrogen (secondary N) is 1. The first kappa shape index (κ1) is 23.9. The van der Waals surface area contributed by atoms with Gasteiger partial charge in [0.15, 0.2) is 0 Å². The van der Waals surface area contributed by atoms with E-state index in [1.54, 1.807) is 0 Å². The Hall–Kier alpha value is -4.92. The molecule has 2 heteroatoms. The van der Waals surface area contributed by atoms with Crippen LogP contribution in [0.5, 0.6) is 0 Å². The van der Waals surface area contributed by atoms with Crippen molar-refractivity contribution in [1.29, 1.82) is 0 Å². The van der Waals surface area contributed by atoms with Gasteiger partial charge in [-0.15, -0.1) is 11.3 Å². The van der Waals surface area contributed by atoms with Crippen LogP contribution in [0.4, 0.5) is 0 Å². The Bertz CT molecular complexity index is 2330. The average molecular weight is 542 g/mol. The Morgan fingerprint density at radius 2 is 1.32 bits per heavy atom. The lowest BCUT2D eigenvalue weighted by molar-refractivity contribution is 1.40. The van der Waals surface area contributed by atoms with Gasteiger partial charge in [0.1, 0.15) is 0 Å². The summed E-state index contributed by atoms with van der Waals surface area (Å²) in [7, 11) is 0. The summed E-state index contributed by atoms with van der Waals surface area (Å²) in [6.07, 6.45) is 5.95. The first-order valence-electron chi connectivity index (χ1n) is 14.0. The van der Waals surface area contributed by atoms with Crippen LogP contribution in [0.3, 0.4) is 0 Å². The minimum Gasteiger partial charge on any atom is -0.361 e. The van der Waals surface area contributed by atoms with Gasteiger partial charge in [0.05, 0.1) is 0 Å². The normalized spacial score (nSPS) is 12.3. The van der Waals surface area contributed by atoms with E-state index in [1.165, 1.54) is 80.3 Å². The lowest BCUT2D eigenvalue weighted by Gasteiger charge is -2.16. The van der Waals surface area contributed by atoms with E-state index in [9.17, 15) is 0 Å². The Balaban J connectivity index is 1.59. The number of thiophene rings is 1. The molecule has 0 aliphatic rings. The molecule has 0 aliphatic carbocycles. The number of aromatic amines is 1. The fraction of sp³-hybridized carbons (Fsp3) is 0.0256.